The number of carbonyl (C=O) groups excluding carboxylic acids is 1. The van der Waals surface area contributed by atoms with Crippen LogP contribution in [0.4, 0.5) is 5.69 Å². The van der Waals surface area contributed by atoms with Gasteiger partial charge in [-0.3, -0.25) is 4.79 Å². The van der Waals surface area contributed by atoms with E-state index in [2.05, 4.69) is 25.2 Å². The maximum Gasteiger partial charge on any atom is 0.234 e. The molecule has 1 atom stereocenters. The highest BCUT2D eigenvalue weighted by atomic mass is 16.2. The van der Waals surface area contributed by atoms with Crippen molar-refractivity contribution in [3.8, 4) is 0 Å². The van der Waals surface area contributed by atoms with E-state index in [4.69, 9.17) is 0 Å². The van der Waals surface area contributed by atoms with E-state index < -0.39 is 0 Å². The van der Waals surface area contributed by atoms with Gasteiger partial charge in [-0.15, -0.1) is 0 Å². The lowest BCUT2D eigenvalue weighted by Crippen LogP contribution is -2.32. The van der Waals surface area contributed by atoms with Crippen LogP contribution < -0.4 is 5.32 Å². The molecule has 1 amide bonds. The Labute approximate surface area is 90.7 Å². The number of fused-ring (bicyclic) bond motifs is 1. The lowest BCUT2D eigenvalue weighted by molar-refractivity contribution is -0.120. The van der Waals surface area contributed by atoms with Gasteiger partial charge in [0.2, 0.25) is 5.91 Å². The van der Waals surface area contributed by atoms with Crippen LogP contribution in [0.25, 0.3) is 0 Å². The van der Waals surface area contributed by atoms with Gasteiger partial charge in [0.25, 0.3) is 0 Å². The quantitative estimate of drug-likeness (QED) is 0.786. The Morgan fingerprint density at radius 2 is 2.00 bits per heavy atom. The number of nitrogens with one attached hydrogen (secondary N) is 1. The average molecular weight is 203 g/mol. The first-order valence-corrected chi connectivity index (χ1v) is 5.45. The van der Waals surface area contributed by atoms with Gasteiger partial charge in [0.15, 0.2) is 0 Å². The molecule has 1 heterocycles. The smallest absolute Gasteiger partial charge is 0.234 e. The molecule has 2 rings (SSSR count). The minimum absolute atomic E-state index is 0.136. The molecule has 0 saturated carbocycles. The first-order valence-electron chi connectivity index (χ1n) is 5.45. The molecule has 0 radical (unpaired) electrons. The standard InChI is InChI=1S/C13H17NO/c1-9(2)8-13(3)10-6-4-5-7-11(10)14-12(13)15/h4-7,9H,8H2,1-3H3,(H,14,15). The molecule has 2 nitrogen and oxygen atoms in total. The molecule has 0 fully saturated rings. The van der Waals surface area contributed by atoms with Gasteiger partial charge in [0.1, 0.15) is 0 Å². The van der Waals surface area contributed by atoms with E-state index >= 15 is 0 Å². The highest BCUT2D eigenvalue weighted by molar-refractivity contribution is 6.05. The van der Waals surface area contributed by atoms with Crippen LogP contribution in [0.15, 0.2) is 24.3 Å². The number of benzene rings is 1. The molecule has 1 aliphatic heterocycles. The molecule has 1 N–H and O–H groups in total. The molecule has 0 aromatic heterocycles. The van der Waals surface area contributed by atoms with E-state index in [0.717, 1.165) is 17.7 Å². The summed E-state index contributed by atoms with van der Waals surface area (Å²) in [5, 5.41) is 2.95. The van der Waals surface area contributed by atoms with Crippen molar-refractivity contribution in [3.05, 3.63) is 29.8 Å². The Kier molecular flexibility index (Phi) is 2.29. The average Bonchev–Trinajstić information content (AvgIpc) is 2.39. The lowest BCUT2D eigenvalue weighted by Gasteiger charge is -2.24. The summed E-state index contributed by atoms with van der Waals surface area (Å²) in [6.07, 6.45) is 0.899. The number of hydrogen-bond donors (Lipinski definition) is 1. The highest BCUT2D eigenvalue weighted by Gasteiger charge is 2.42. The van der Waals surface area contributed by atoms with Crippen molar-refractivity contribution in [2.45, 2.75) is 32.6 Å². The van der Waals surface area contributed by atoms with Gasteiger partial charge in [-0.05, 0) is 30.9 Å². The zero-order valence-corrected chi connectivity index (χ0v) is 9.50. The summed E-state index contributed by atoms with van der Waals surface area (Å²) in [7, 11) is 0. The number of rotatable bonds is 2. The molecular formula is C13H17NO. The van der Waals surface area contributed by atoms with E-state index in [1.54, 1.807) is 0 Å². The fraction of sp³-hybridized carbons (Fsp3) is 0.462. The molecule has 1 unspecified atom stereocenters. The molecule has 1 aliphatic rings. The monoisotopic (exact) mass is 203 g/mol. The molecule has 0 aliphatic carbocycles. The Balaban J connectivity index is 2.44. The van der Waals surface area contributed by atoms with Crippen molar-refractivity contribution < 1.29 is 4.79 Å². The van der Waals surface area contributed by atoms with Crippen LogP contribution in [0.2, 0.25) is 0 Å². The van der Waals surface area contributed by atoms with Crippen LogP contribution >= 0.6 is 0 Å². The van der Waals surface area contributed by atoms with Crippen LogP contribution in [0.3, 0.4) is 0 Å². The number of anilines is 1. The second-order valence-electron chi connectivity index (χ2n) is 4.93. The molecule has 80 valence electrons. The Morgan fingerprint density at radius 1 is 1.33 bits per heavy atom. The fourth-order valence-corrected chi connectivity index (χ4v) is 2.47. The van der Waals surface area contributed by atoms with Gasteiger partial charge in [0.05, 0.1) is 5.41 Å². The van der Waals surface area contributed by atoms with E-state index in [1.165, 1.54) is 0 Å². The van der Waals surface area contributed by atoms with Crippen LogP contribution in [0, 0.1) is 5.92 Å². The van der Waals surface area contributed by atoms with Crippen molar-refractivity contribution in [1.29, 1.82) is 0 Å². The molecule has 0 bridgehead atoms. The summed E-state index contributed by atoms with van der Waals surface area (Å²) < 4.78 is 0. The van der Waals surface area contributed by atoms with Gasteiger partial charge >= 0.3 is 0 Å². The first-order chi connectivity index (χ1) is 7.04. The maximum atomic E-state index is 12.0. The summed E-state index contributed by atoms with van der Waals surface area (Å²) >= 11 is 0. The summed E-state index contributed by atoms with van der Waals surface area (Å²) in [4.78, 5) is 12.0. The summed E-state index contributed by atoms with van der Waals surface area (Å²) in [6.45, 7) is 6.34. The van der Waals surface area contributed by atoms with Crippen molar-refractivity contribution in [3.63, 3.8) is 0 Å². The molecule has 15 heavy (non-hydrogen) atoms. The maximum absolute atomic E-state index is 12.0. The van der Waals surface area contributed by atoms with Gasteiger partial charge in [-0.2, -0.15) is 0 Å². The van der Waals surface area contributed by atoms with Gasteiger partial charge in [-0.25, -0.2) is 0 Å². The number of amides is 1. The Hall–Kier alpha value is -1.31. The summed E-state index contributed by atoms with van der Waals surface area (Å²) in [5.74, 6) is 0.657. The normalized spacial score (nSPS) is 24.1. The number of para-hydroxylation sites is 1. The summed E-state index contributed by atoms with van der Waals surface area (Å²) in [6, 6.07) is 7.98. The Morgan fingerprint density at radius 3 is 2.67 bits per heavy atom. The second-order valence-corrected chi connectivity index (χ2v) is 4.93. The third-order valence-electron chi connectivity index (χ3n) is 3.09. The predicted octanol–water partition coefficient (Wildman–Crippen LogP) is 2.94. The van der Waals surface area contributed by atoms with Crippen LogP contribution in [0.1, 0.15) is 32.8 Å². The van der Waals surface area contributed by atoms with Crippen LogP contribution in [-0.2, 0) is 10.2 Å². The van der Waals surface area contributed by atoms with E-state index in [1.807, 2.05) is 25.1 Å². The van der Waals surface area contributed by atoms with Crippen LogP contribution in [-0.4, -0.2) is 5.91 Å². The van der Waals surface area contributed by atoms with Crippen LogP contribution in [0.5, 0.6) is 0 Å². The predicted molar refractivity (Wildman–Crippen MR) is 61.9 cm³/mol. The SMILES string of the molecule is CC(C)CC1(C)C(=O)Nc2ccccc21. The zero-order chi connectivity index (χ0) is 11.1. The van der Waals surface area contributed by atoms with Gasteiger partial charge < -0.3 is 5.32 Å². The molecule has 1 aromatic rings. The number of carbonyl (C=O) groups is 1. The van der Waals surface area contributed by atoms with E-state index in [9.17, 15) is 4.79 Å². The lowest BCUT2D eigenvalue weighted by atomic mass is 9.77. The molecular weight excluding hydrogens is 186 g/mol. The van der Waals surface area contributed by atoms with Crippen molar-refractivity contribution in [1.82, 2.24) is 0 Å². The molecule has 2 heteroatoms. The third kappa shape index (κ3) is 1.54. The van der Waals surface area contributed by atoms with Crippen molar-refractivity contribution >= 4 is 11.6 Å². The first kappa shape index (κ1) is 10.2. The highest BCUT2D eigenvalue weighted by Crippen LogP contribution is 2.41. The Bertz CT molecular complexity index is 397. The second kappa shape index (κ2) is 3.37. The number of hydrogen-bond acceptors (Lipinski definition) is 1. The fourth-order valence-electron chi connectivity index (χ4n) is 2.47. The van der Waals surface area contributed by atoms with Gasteiger partial charge in [-0.1, -0.05) is 32.0 Å². The topological polar surface area (TPSA) is 29.1 Å². The van der Waals surface area contributed by atoms with Crippen molar-refractivity contribution in [2.75, 3.05) is 5.32 Å². The van der Waals surface area contributed by atoms with E-state index in [0.29, 0.717) is 5.92 Å². The molecule has 0 spiro atoms. The molecule has 0 saturated heterocycles. The largest absolute Gasteiger partial charge is 0.325 e. The third-order valence-corrected chi connectivity index (χ3v) is 3.09. The molecule has 1 aromatic carbocycles. The van der Waals surface area contributed by atoms with Crippen molar-refractivity contribution in [2.24, 2.45) is 5.92 Å². The van der Waals surface area contributed by atoms with Gasteiger partial charge in [0, 0.05) is 5.69 Å². The summed E-state index contributed by atoms with van der Waals surface area (Å²) in [5.41, 5.74) is 1.78. The minimum atomic E-state index is -0.342. The zero-order valence-electron chi connectivity index (χ0n) is 9.50. The van der Waals surface area contributed by atoms with E-state index in [-0.39, 0.29) is 11.3 Å². The minimum Gasteiger partial charge on any atom is -0.325 e.